The minimum absolute atomic E-state index is 0.358. The van der Waals surface area contributed by atoms with Gasteiger partial charge >= 0.3 is 0 Å². The number of thiazole rings is 1. The molecule has 0 bridgehead atoms. The third kappa shape index (κ3) is 3.03. The Morgan fingerprint density at radius 1 is 1.24 bits per heavy atom. The minimum Gasteiger partial charge on any atom is -0.303 e. The fraction of sp³-hybridized carbons (Fsp3) is 0.353. The first-order chi connectivity index (χ1) is 10.2. The number of nitrogens with one attached hydrogen (secondary N) is 1. The van der Waals surface area contributed by atoms with E-state index in [4.69, 9.17) is 0 Å². The second-order valence-electron chi connectivity index (χ2n) is 5.26. The average Bonchev–Trinajstić information content (AvgIpc) is 3.10. The highest BCUT2D eigenvalue weighted by molar-refractivity contribution is 7.19. The summed E-state index contributed by atoms with van der Waals surface area (Å²) in [5.74, 6) is 0. The van der Waals surface area contributed by atoms with Crippen LogP contribution in [0.15, 0.2) is 30.5 Å². The van der Waals surface area contributed by atoms with E-state index in [0.717, 1.165) is 13.0 Å². The molecule has 0 amide bonds. The Balaban J connectivity index is 1.74. The molecule has 110 valence electrons. The quantitative estimate of drug-likeness (QED) is 0.710. The van der Waals surface area contributed by atoms with Gasteiger partial charge < -0.3 is 5.32 Å². The van der Waals surface area contributed by atoms with Crippen LogP contribution in [-0.4, -0.2) is 4.98 Å². The molecule has 0 aliphatic carbocycles. The molecule has 0 saturated heterocycles. The smallest absolute Gasteiger partial charge is 0.107 e. The third-order valence-corrected chi connectivity index (χ3v) is 6.38. The molecule has 3 aromatic rings. The molecule has 0 radical (unpaired) electrons. The topological polar surface area (TPSA) is 24.9 Å². The van der Waals surface area contributed by atoms with Gasteiger partial charge in [0.2, 0.25) is 0 Å². The molecule has 4 heteroatoms. The first-order valence-corrected chi connectivity index (χ1v) is 8.97. The van der Waals surface area contributed by atoms with Gasteiger partial charge in [0.15, 0.2) is 0 Å². The Hall–Kier alpha value is -1.23. The highest BCUT2D eigenvalue weighted by atomic mass is 32.1. The first-order valence-electron chi connectivity index (χ1n) is 7.34. The van der Waals surface area contributed by atoms with Crippen LogP contribution in [0.2, 0.25) is 0 Å². The van der Waals surface area contributed by atoms with Gasteiger partial charge in [0.05, 0.1) is 0 Å². The molecule has 0 fully saturated rings. The zero-order valence-corrected chi connectivity index (χ0v) is 14.3. The van der Waals surface area contributed by atoms with Crippen LogP contribution in [0.25, 0.3) is 10.1 Å². The van der Waals surface area contributed by atoms with Crippen LogP contribution in [-0.2, 0) is 13.0 Å². The number of aromatic nitrogens is 1. The second kappa shape index (κ2) is 6.26. The van der Waals surface area contributed by atoms with Crippen molar-refractivity contribution in [3.8, 4) is 0 Å². The number of benzene rings is 1. The summed E-state index contributed by atoms with van der Waals surface area (Å²) in [6.07, 6.45) is 3.07. The van der Waals surface area contributed by atoms with Crippen molar-refractivity contribution < 1.29 is 0 Å². The van der Waals surface area contributed by atoms with Crippen LogP contribution in [0.1, 0.15) is 40.2 Å². The van der Waals surface area contributed by atoms with Crippen molar-refractivity contribution in [1.82, 2.24) is 10.3 Å². The fourth-order valence-electron chi connectivity index (χ4n) is 2.53. The SMILES string of the molecule is CCc1cnc(CNC(C)c2sc3ccccc3c2C)s1. The van der Waals surface area contributed by atoms with Gasteiger partial charge in [-0.1, -0.05) is 25.1 Å². The van der Waals surface area contributed by atoms with Gasteiger partial charge in [0.1, 0.15) is 5.01 Å². The molecule has 1 N–H and O–H groups in total. The number of aryl methyl sites for hydroxylation is 2. The first kappa shape index (κ1) is 14.7. The third-order valence-electron chi connectivity index (χ3n) is 3.78. The largest absolute Gasteiger partial charge is 0.303 e. The van der Waals surface area contributed by atoms with Gasteiger partial charge in [-0.3, -0.25) is 0 Å². The predicted octanol–water partition coefficient (Wildman–Crippen LogP) is 5.08. The molecule has 2 aromatic heterocycles. The summed E-state index contributed by atoms with van der Waals surface area (Å²) in [5.41, 5.74) is 1.41. The molecule has 21 heavy (non-hydrogen) atoms. The monoisotopic (exact) mass is 316 g/mol. The molecule has 0 saturated carbocycles. The molecule has 3 rings (SSSR count). The summed E-state index contributed by atoms with van der Waals surface area (Å²) in [6.45, 7) is 7.49. The van der Waals surface area contributed by atoms with Gasteiger partial charge in [-0.05, 0) is 37.3 Å². The number of fused-ring (bicyclic) bond motifs is 1. The zero-order valence-electron chi connectivity index (χ0n) is 12.6. The maximum atomic E-state index is 4.48. The summed E-state index contributed by atoms with van der Waals surface area (Å²) in [5, 5.41) is 6.17. The maximum absolute atomic E-state index is 4.48. The highest BCUT2D eigenvalue weighted by Crippen LogP contribution is 2.34. The average molecular weight is 316 g/mol. The Morgan fingerprint density at radius 2 is 2.05 bits per heavy atom. The summed E-state index contributed by atoms with van der Waals surface area (Å²) in [7, 11) is 0. The number of hydrogen-bond acceptors (Lipinski definition) is 4. The van der Waals surface area contributed by atoms with Crippen molar-refractivity contribution in [1.29, 1.82) is 0 Å². The van der Waals surface area contributed by atoms with Gasteiger partial charge in [-0.25, -0.2) is 4.98 Å². The molecular weight excluding hydrogens is 296 g/mol. The molecule has 0 aliphatic rings. The zero-order chi connectivity index (χ0) is 14.8. The van der Waals surface area contributed by atoms with E-state index in [1.54, 1.807) is 0 Å². The lowest BCUT2D eigenvalue weighted by molar-refractivity contribution is 0.579. The van der Waals surface area contributed by atoms with Crippen LogP contribution in [0.4, 0.5) is 0 Å². The van der Waals surface area contributed by atoms with E-state index in [2.05, 4.69) is 55.3 Å². The minimum atomic E-state index is 0.358. The number of rotatable bonds is 5. The van der Waals surface area contributed by atoms with Gasteiger partial charge in [-0.15, -0.1) is 22.7 Å². The maximum Gasteiger partial charge on any atom is 0.107 e. The van der Waals surface area contributed by atoms with Crippen molar-refractivity contribution in [2.75, 3.05) is 0 Å². The van der Waals surface area contributed by atoms with Crippen LogP contribution in [0.3, 0.4) is 0 Å². The lowest BCUT2D eigenvalue weighted by atomic mass is 10.1. The van der Waals surface area contributed by atoms with Crippen LogP contribution in [0, 0.1) is 6.92 Å². The van der Waals surface area contributed by atoms with E-state index in [0.29, 0.717) is 6.04 Å². The lowest BCUT2D eigenvalue weighted by Crippen LogP contribution is -2.17. The van der Waals surface area contributed by atoms with Crippen molar-refractivity contribution in [2.24, 2.45) is 0 Å². The Kier molecular flexibility index (Phi) is 4.38. The summed E-state index contributed by atoms with van der Waals surface area (Å²) in [6, 6.07) is 9.01. The standard InChI is InChI=1S/C17H20N2S2/c1-4-13-9-19-16(20-13)10-18-12(3)17-11(2)14-7-5-6-8-15(14)21-17/h5-9,12,18H,4,10H2,1-3H3. The Morgan fingerprint density at radius 3 is 2.76 bits per heavy atom. The Bertz CT molecular complexity index is 742. The van der Waals surface area contributed by atoms with E-state index < -0.39 is 0 Å². The number of thiophene rings is 1. The van der Waals surface area contributed by atoms with E-state index in [1.807, 2.05) is 28.9 Å². The van der Waals surface area contributed by atoms with Gasteiger partial charge in [-0.2, -0.15) is 0 Å². The summed E-state index contributed by atoms with van der Waals surface area (Å²) in [4.78, 5) is 7.27. The molecule has 0 aliphatic heterocycles. The van der Waals surface area contributed by atoms with Crippen LogP contribution in [0.5, 0.6) is 0 Å². The van der Waals surface area contributed by atoms with Gasteiger partial charge in [0.25, 0.3) is 0 Å². The summed E-state index contributed by atoms with van der Waals surface area (Å²) < 4.78 is 1.38. The summed E-state index contributed by atoms with van der Waals surface area (Å²) >= 11 is 3.71. The predicted molar refractivity (Wildman–Crippen MR) is 93.3 cm³/mol. The van der Waals surface area contributed by atoms with Crippen molar-refractivity contribution in [2.45, 2.75) is 39.8 Å². The molecule has 2 heterocycles. The van der Waals surface area contributed by atoms with Crippen molar-refractivity contribution >= 4 is 32.8 Å². The highest BCUT2D eigenvalue weighted by Gasteiger charge is 2.14. The number of hydrogen-bond donors (Lipinski definition) is 1. The van der Waals surface area contributed by atoms with Crippen LogP contribution >= 0.6 is 22.7 Å². The normalized spacial score (nSPS) is 12.9. The molecule has 0 spiro atoms. The van der Waals surface area contributed by atoms with Gasteiger partial charge in [0, 0.05) is 33.2 Å². The van der Waals surface area contributed by atoms with Crippen LogP contribution < -0.4 is 5.32 Å². The fourth-order valence-corrected chi connectivity index (χ4v) is 4.58. The van der Waals surface area contributed by atoms with Crippen molar-refractivity contribution in [3.05, 3.63) is 50.8 Å². The molecule has 1 unspecified atom stereocenters. The van der Waals surface area contributed by atoms with Crippen molar-refractivity contribution in [3.63, 3.8) is 0 Å². The van der Waals surface area contributed by atoms with E-state index in [-0.39, 0.29) is 0 Å². The second-order valence-corrected chi connectivity index (χ2v) is 7.55. The Labute approximate surface area is 133 Å². The van der Waals surface area contributed by atoms with E-state index in [1.165, 1.54) is 30.4 Å². The lowest BCUT2D eigenvalue weighted by Gasteiger charge is -2.12. The molecule has 1 aromatic carbocycles. The number of nitrogens with zero attached hydrogens (tertiary/aromatic N) is 1. The molecular formula is C17H20N2S2. The molecule has 1 atom stereocenters. The van der Waals surface area contributed by atoms with E-state index in [9.17, 15) is 0 Å². The molecule has 2 nitrogen and oxygen atoms in total. The van der Waals surface area contributed by atoms with E-state index >= 15 is 0 Å².